The van der Waals surface area contributed by atoms with Gasteiger partial charge in [-0.1, -0.05) is 24.3 Å². The van der Waals surface area contributed by atoms with E-state index in [0.29, 0.717) is 25.9 Å². The molecule has 0 bridgehead atoms. The first-order valence-corrected chi connectivity index (χ1v) is 13.0. The molecule has 0 saturated carbocycles. The Kier molecular flexibility index (Phi) is 8.80. The van der Waals surface area contributed by atoms with E-state index in [0.717, 1.165) is 11.3 Å². The van der Waals surface area contributed by atoms with E-state index in [1.165, 1.54) is 11.4 Å². The summed E-state index contributed by atoms with van der Waals surface area (Å²) in [5.74, 6) is -0.257. The van der Waals surface area contributed by atoms with Crippen molar-refractivity contribution >= 4 is 15.9 Å². The zero-order valence-electron chi connectivity index (χ0n) is 20.3. The fourth-order valence-electron chi connectivity index (χ4n) is 4.05. The predicted molar refractivity (Wildman–Crippen MR) is 126 cm³/mol. The van der Waals surface area contributed by atoms with Gasteiger partial charge in [0.25, 0.3) is 0 Å². The molecule has 0 radical (unpaired) electrons. The van der Waals surface area contributed by atoms with Crippen molar-refractivity contribution in [2.24, 2.45) is 5.92 Å². The third kappa shape index (κ3) is 6.21. The number of aryl methyl sites for hydroxylation is 2. The summed E-state index contributed by atoms with van der Waals surface area (Å²) in [4.78, 5) is 14.8. The second-order valence-electron chi connectivity index (χ2n) is 9.06. The largest absolute Gasteiger partial charge is 0.394 e. The molecular formula is C23H35N5O5S. The first kappa shape index (κ1) is 26.3. The summed E-state index contributed by atoms with van der Waals surface area (Å²) in [7, 11) is -2.19. The lowest BCUT2D eigenvalue weighted by molar-refractivity contribution is -0.136. The number of likely N-dealkylation sites (N-methyl/N-ethyl adjacent to an activating group) is 1. The Morgan fingerprint density at radius 2 is 2.12 bits per heavy atom. The molecule has 0 spiro atoms. The Balaban J connectivity index is 1.87. The van der Waals surface area contributed by atoms with Gasteiger partial charge in [0.15, 0.2) is 0 Å². The fraction of sp³-hybridized carbons (Fsp3) is 0.609. The maximum absolute atomic E-state index is 13.2. The molecule has 1 aliphatic heterocycles. The monoisotopic (exact) mass is 493 g/mol. The molecule has 1 aliphatic rings. The molecule has 10 nitrogen and oxygen atoms in total. The number of carbonyl (C=O) groups is 1. The van der Waals surface area contributed by atoms with E-state index in [9.17, 15) is 18.3 Å². The number of nitrogens with zero attached hydrogens (tertiary/aromatic N) is 5. The topological polar surface area (TPSA) is 118 Å². The number of hydrogen-bond acceptors (Lipinski definition) is 7. The number of amides is 1. The van der Waals surface area contributed by atoms with Gasteiger partial charge in [-0.2, -0.15) is 4.31 Å². The van der Waals surface area contributed by atoms with Crippen molar-refractivity contribution in [3.8, 4) is 0 Å². The number of rotatable bonds is 6. The number of sulfonamides is 1. The van der Waals surface area contributed by atoms with E-state index in [-0.39, 0.29) is 42.5 Å². The third-order valence-electron chi connectivity index (χ3n) is 6.27. The van der Waals surface area contributed by atoms with Gasteiger partial charge >= 0.3 is 0 Å². The van der Waals surface area contributed by atoms with Crippen LogP contribution in [0.1, 0.15) is 37.9 Å². The minimum Gasteiger partial charge on any atom is -0.394 e. The molecule has 34 heavy (non-hydrogen) atoms. The van der Waals surface area contributed by atoms with Crippen LogP contribution in [0, 0.1) is 12.8 Å². The van der Waals surface area contributed by atoms with Gasteiger partial charge in [-0.25, -0.2) is 13.1 Å². The number of ether oxygens (including phenoxy) is 1. The minimum atomic E-state index is -3.73. The Bertz CT molecular complexity index is 1070. The van der Waals surface area contributed by atoms with Crippen LogP contribution in [0.3, 0.4) is 0 Å². The lowest BCUT2D eigenvalue weighted by Crippen LogP contribution is -2.47. The van der Waals surface area contributed by atoms with E-state index < -0.39 is 16.1 Å². The molecule has 3 atom stereocenters. The standard InChI is InChI=1S/C23H35N5O5S/c1-17-7-5-8-21(11-17)34(31,32)26(4)14-22-18(2)13-27(19(3)15-29)23(30)9-6-10-28-20(16-33-22)12-24-25-28/h5,7-8,11-12,18-19,22,29H,6,9-10,13-16H2,1-4H3/t18-,19+,22-/m0/s1. The van der Waals surface area contributed by atoms with Gasteiger partial charge in [-0.3, -0.25) is 4.79 Å². The first-order valence-electron chi connectivity index (χ1n) is 11.6. The molecule has 0 saturated heterocycles. The highest BCUT2D eigenvalue weighted by Gasteiger charge is 2.31. The van der Waals surface area contributed by atoms with Gasteiger partial charge in [0.1, 0.15) is 0 Å². The van der Waals surface area contributed by atoms with Gasteiger partial charge in [-0.15, -0.1) is 5.10 Å². The maximum Gasteiger partial charge on any atom is 0.242 e. The summed E-state index contributed by atoms with van der Waals surface area (Å²) in [6.45, 7) is 6.63. The Labute approximate surface area is 201 Å². The quantitative estimate of drug-likeness (QED) is 0.647. The number of aromatic nitrogens is 3. The van der Waals surface area contributed by atoms with Crippen LogP contribution in [-0.4, -0.2) is 82.5 Å². The van der Waals surface area contributed by atoms with Crippen LogP contribution >= 0.6 is 0 Å². The summed E-state index contributed by atoms with van der Waals surface area (Å²) in [6, 6.07) is 6.44. The van der Waals surface area contributed by atoms with Gasteiger partial charge in [0.2, 0.25) is 15.9 Å². The number of fused-ring (bicyclic) bond motifs is 1. The molecule has 0 aliphatic carbocycles. The lowest BCUT2D eigenvalue weighted by atomic mass is 10.0. The summed E-state index contributed by atoms with van der Waals surface area (Å²) in [6.07, 6.45) is 2.04. The highest BCUT2D eigenvalue weighted by molar-refractivity contribution is 7.89. The number of aliphatic hydroxyl groups excluding tert-OH is 1. The average molecular weight is 494 g/mol. The molecule has 1 aromatic carbocycles. The minimum absolute atomic E-state index is 0.0601. The highest BCUT2D eigenvalue weighted by Crippen LogP contribution is 2.21. The molecular weight excluding hydrogens is 458 g/mol. The highest BCUT2D eigenvalue weighted by atomic mass is 32.2. The van der Waals surface area contributed by atoms with Crippen molar-refractivity contribution < 1.29 is 23.1 Å². The van der Waals surface area contributed by atoms with E-state index in [2.05, 4.69) is 10.3 Å². The van der Waals surface area contributed by atoms with Gasteiger partial charge < -0.3 is 14.7 Å². The molecule has 1 aromatic heterocycles. The molecule has 188 valence electrons. The van der Waals surface area contributed by atoms with Crippen molar-refractivity contribution in [2.75, 3.05) is 26.7 Å². The SMILES string of the molecule is Cc1cccc(S(=O)(=O)N(C)C[C@@H]2OCc3cnnn3CCCC(=O)N([C@H](C)CO)C[C@@H]2C)c1. The molecule has 2 aromatic rings. The number of aliphatic hydroxyl groups is 1. The van der Waals surface area contributed by atoms with E-state index >= 15 is 0 Å². The second-order valence-corrected chi connectivity index (χ2v) is 11.1. The summed E-state index contributed by atoms with van der Waals surface area (Å²) in [5, 5.41) is 17.8. The van der Waals surface area contributed by atoms with Crippen molar-refractivity contribution in [1.82, 2.24) is 24.2 Å². The van der Waals surface area contributed by atoms with Crippen LogP contribution in [0.15, 0.2) is 35.4 Å². The summed E-state index contributed by atoms with van der Waals surface area (Å²) < 4.78 is 35.7. The van der Waals surface area contributed by atoms with Crippen molar-refractivity contribution in [3.05, 3.63) is 41.7 Å². The number of carbonyl (C=O) groups excluding carboxylic acids is 1. The second kappa shape index (κ2) is 11.4. The van der Waals surface area contributed by atoms with E-state index in [4.69, 9.17) is 4.74 Å². The average Bonchev–Trinajstić information content (AvgIpc) is 3.25. The third-order valence-corrected chi connectivity index (χ3v) is 8.09. The first-order chi connectivity index (χ1) is 16.1. The van der Waals surface area contributed by atoms with Crippen LogP contribution in [-0.2, 0) is 32.7 Å². The molecule has 1 amide bonds. The van der Waals surface area contributed by atoms with E-state index in [1.54, 1.807) is 40.9 Å². The van der Waals surface area contributed by atoms with Crippen LogP contribution in [0.25, 0.3) is 0 Å². The molecule has 0 unspecified atom stereocenters. The number of benzene rings is 1. The maximum atomic E-state index is 13.2. The predicted octanol–water partition coefficient (Wildman–Crippen LogP) is 1.43. The summed E-state index contributed by atoms with van der Waals surface area (Å²) >= 11 is 0. The number of hydrogen-bond donors (Lipinski definition) is 1. The zero-order chi connectivity index (χ0) is 24.9. The molecule has 0 fully saturated rings. The molecule has 1 N–H and O–H groups in total. The molecule has 11 heteroatoms. The van der Waals surface area contributed by atoms with Gasteiger partial charge in [-0.05, 0) is 38.0 Å². The van der Waals surface area contributed by atoms with Crippen LogP contribution in [0.2, 0.25) is 0 Å². The van der Waals surface area contributed by atoms with Crippen LogP contribution in [0.4, 0.5) is 0 Å². The zero-order valence-corrected chi connectivity index (χ0v) is 21.1. The van der Waals surface area contributed by atoms with Crippen LogP contribution < -0.4 is 0 Å². The smallest absolute Gasteiger partial charge is 0.242 e. The normalized spacial score (nSPS) is 21.6. The van der Waals surface area contributed by atoms with Crippen molar-refractivity contribution in [2.45, 2.75) is 63.8 Å². The Hall–Kier alpha value is -2.34. The van der Waals surface area contributed by atoms with Crippen molar-refractivity contribution in [3.63, 3.8) is 0 Å². The summed E-state index contributed by atoms with van der Waals surface area (Å²) in [5.41, 5.74) is 1.63. The Morgan fingerprint density at radius 3 is 2.82 bits per heavy atom. The molecule has 3 rings (SSSR count). The lowest BCUT2D eigenvalue weighted by Gasteiger charge is -2.35. The van der Waals surface area contributed by atoms with Gasteiger partial charge in [0, 0.05) is 39.0 Å². The fourth-order valence-corrected chi connectivity index (χ4v) is 5.34. The van der Waals surface area contributed by atoms with Gasteiger partial charge in [0.05, 0.1) is 42.1 Å². The molecule has 2 heterocycles. The van der Waals surface area contributed by atoms with E-state index in [1.807, 2.05) is 19.9 Å². The van der Waals surface area contributed by atoms with Crippen LogP contribution in [0.5, 0.6) is 0 Å². The van der Waals surface area contributed by atoms with Crippen molar-refractivity contribution in [1.29, 1.82) is 0 Å². The Morgan fingerprint density at radius 1 is 1.35 bits per heavy atom.